The van der Waals surface area contributed by atoms with Gasteiger partial charge in [-0.3, -0.25) is 0 Å². The Morgan fingerprint density at radius 1 is 0.957 bits per heavy atom. The van der Waals surface area contributed by atoms with Gasteiger partial charge in [0.05, 0.1) is 25.8 Å². The fourth-order valence-corrected chi connectivity index (χ4v) is 2.54. The molecule has 0 amide bonds. The molecule has 0 heterocycles. The first kappa shape index (κ1) is 17.4. The molecule has 2 aromatic carbocycles. The van der Waals surface area contributed by atoms with Crippen molar-refractivity contribution in [2.24, 2.45) is 0 Å². The van der Waals surface area contributed by atoms with Crippen LogP contribution in [0.5, 0.6) is 17.2 Å². The molecule has 0 saturated heterocycles. The molecule has 2 rings (SSSR count). The monoisotopic (exact) mass is 335 g/mol. The van der Waals surface area contributed by atoms with Crippen molar-refractivity contribution in [1.29, 1.82) is 0 Å². The first-order valence-electron chi connectivity index (χ1n) is 7.50. The molecule has 0 aliphatic carbocycles. The Morgan fingerprint density at radius 3 is 2.26 bits per heavy atom. The van der Waals surface area contributed by atoms with Gasteiger partial charge in [0.15, 0.2) is 11.5 Å². The van der Waals surface area contributed by atoms with Gasteiger partial charge in [-0.05, 0) is 42.3 Å². The molecule has 2 aromatic rings. The lowest BCUT2D eigenvalue weighted by molar-refractivity contribution is 0.311. The summed E-state index contributed by atoms with van der Waals surface area (Å²) in [6, 6.07) is 11.8. The summed E-state index contributed by atoms with van der Waals surface area (Å²) in [5.41, 5.74) is 2.23. The second-order valence-electron chi connectivity index (χ2n) is 4.99. The number of ether oxygens (including phenoxy) is 3. The van der Waals surface area contributed by atoms with E-state index in [0.717, 1.165) is 17.9 Å². The summed E-state index contributed by atoms with van der Waals surface area (Å²) in [6.45, 7) is 3.91. The van der Waals surface area contributed by atoms with Crippen LogP contribution in [-0.2, 0) is 13.1 Å². The third-order valence-corrected chi connectivity index (χ3v) is 3.68. The van der Waals surface area contributed by atoms with Gasteiger partial charge in [-0.1, -0.05) is 23.7 Å². The van der Waals surface area contributed by atoms with Crippen molar-refractivity contribution in [2.45, 2.75) is 20.0 Å². The van der Waals surface area contributed by atoms with Crippen LogP contribution < -0.4 is 19.5 Å². The van der Waals surface area contributed by atoms with E-state index < -0.39 is 0 Å². The predicted molar refractivity (Wildman–Crippen MR) is 92.7 cm³/mol. The quantitative estimate of drug-likeness (QED) is 0.790. The van der Waals surface area contributed by atoms with E-state index in [2.05, 4.69) is 5.32 Å². The minimum absolute atomic E-state index is 0.547. The van der Waals surface area contributed by atoms with E-state index in [1.807, 2.05) is 43.3 Å². The fourth-order valence-electron chi connectivity index (χ4n) is 2.25. The van der Waals surface area contributed by atoms with Gasteiger partial charge < -0.3 is 19.5 Å². The van der Waals surface area contributed by atoms with E-state index in [1.165, 1.54) is 5.56 Å². The highest BCUT2D eigenvalue weighted by atomic mass is 35.5. The number of halogens is 1. The average molecular weight is 336 g/mol. The summed E-state index contributed by atoms with van der Waals surface area (Å²) in [4.78, 5) is 0. The second kappa shape index (κ2) is 8.65. The third-order valence-electron chi connectivity index (χ3n) is 3.40. The minimum atomic E-state index is 0.547. The average Bonchev–Trinajstić information content (AvgIpc) is 2.57. The first-order chi connectivity index (χ1) is 11.2. The number of benzene rings is 2. The number of methoxy groups -OCH3 is 2. The molecule has 124 valence electrons. The molecule has 23 heavy (non-hydrogen) atoms. The van der Waals surface area contributed by atoms with Gasteiger partial charge >= 0.3 is 0 Å². The van der Waals surface area contributed by atoms with Gasteiger partial charge in [-0.2, -0.15) is 0 Å². The molecule has 0 spiro atoms. The normalized spacial score (nSPS) is 10.4. The number of nitrogens with one attached hydrogen (secondary N) is 1. The van der Waals surface area contributed by atoms with E-state index in [4.69, 9.17) is 25.8 Å². The molecule has 0 aromatic heterocycles. The molecule has 0 unspecified atom stereocenters. The van der Waals surface area contributed by atoms with E-state index in [9.17, 15) is 0 Å². The maximum Gasteiger partial charge on any atom is 0.179 e. The van der Waals surface area contributed by atoms with Crippen molar-refractivity contribution in [3.8, 4) is 17.2 Å². The lowest BCUT2D eigenvalue weighted by Crippen LogP contribution is -2.13. The molecule has 5 heteroatoms. The summed E-state index contributed by atoms with van der Waals surface area (Å²) in [6.07, 6.45) is 0. The zero-order valence-corrected chi connectivity index (χ0v) is 14.4. The zero-order chi connectivity index (χ0) is 16.7. The highest BCUT2D eigenvalue weighted by Gasteiger charge is 2.11. The third kappa shape index (κ3) is 4.78. The lowest BCUT2D eigenvalue weighted by atomic mass is 10.1. The van der Waals surface area contributed by atoms with Crippen LogP contribution in [0.15, 0.2) is 36.4 Å². The maximum atomic E-state index is 6.27. The van der Waals surface area contributed by atoms with Crippen LogP contribution in [0, 0.1) is 0 Å². The molecule has 0 radical (unpaired) electrons. The van der Waals surface area contributed by atoms with Gasteiger partial charge in [0, 0.05) is 13.1 Å². The van der Waals surface area contributed by atoms with Gasteiger partial charge in [-0.15, -0.1) is 0 Å². The van der Waals surface area contributed by atoms with Crippen molar-refractivity contribution in [3.05, 3.63) is 52.5 Å². The van der Waals surface area contributed by atoms with Crippen molar-refractivity contribution in [2.75, 3.05) is 20.8 Å². The molecule has 0 fully saturated rings. The molecule has 0 saturated carbocycles. The Kier molecular flexibility index (Phi) is 6.56. The van der Waals surface area contributed by atoms with Crippen LogP contribution in [0.25, 0.3) is 0 Å². The minimum Gasteiger partial charge on any atom is -0.497 e. The highest BCUT2D eigenvalue weighted by molar-refractivity contribution is 6.32. The Hall–Kier alpha value is -1.91. The summed E-state index contributed by atoms with van der Waals surface area (Å²) < 4.78 is 16.0. The van der Waals surface area contributed by atoms with Gasteiger partial charge in [0.2, 0.25) is 0 Å². The molecule has 1 N–H and O–H groups in total. The number of rotatable bonds is 8. The summed E-state index contributed by atoms with van der Waals surface area (Å²) in [5.74, 6) is 2.10. The Labute approximate surface area is 142 Å². The van der Waals surface area contributed by atoms with Crippen molar-refractivity contribution >= 4 is 11.6 Å². The second-order valence-corrected chi connectivity index (χ2v) is 5.40. The van der Waals surface area contributed by atoms with Crippen LogP contribution in [0.4, 0.5) is 0 Å². The summed E-state index contributed by atoms with van der Waals surface area (Å²) in [7, 11) is 3.28. The van der Waals surface area contributed by atoms with Gasteiger partial charge in [-0.25, -0.2) is 0 Å². The van der Waals surface area contributed by atoms with Crippen LogP contribution in [0.3, 0.4) is 0 Å². The van der Waals surface area contributed by atoms with Crippen molar-refractivity contribution < 1.29 is 14.2 Å². The standard InChI is InChI=1S/C18H22ClNO3/c1-4-23-18-16(19)9-14(10-17(18)22-3)12-20-11-13-5-7-15(21-2)8-6-13/h5-10,20H,4,11-12H2,1-3H3. The Morgan fingerprint density at radius 2 is 1.65 bits per heavy atom. The lowest BCUT2D eigenvalue weighted by Gasteiger charge is -2.13. The molecule has 0 bridgehead atoms. The zero-order valence-electron chi connectivity index (χ0n) is 13.7. The first-order valence-corrected chi connectivity index (χ1v) is 7.88. The maximum absolute atomic E-state index is 6.27. The van der Waals surface area contributed by atoms with Crippen LogP contribution in [-0.4, -0.2) is 20.8 Å². The fraction of sp³-hybridized carbons (Fsp3) is 0.333. The largest absolute Gasteiger partial charge is 0.497 e. The van der Waals surface area contributed by atoms with Crippen LogP contribution >= 0.6 is 11.6 Å². The molecule has 0 atom stereocenters. The van der Waals surface area contributed by atoms with Crippen molar-refractivity contribution in [3.63, 3.8) is 0 Å². The van der Waals surface area contributed by atoms with Crippen LogP contribution in [0.2, 0.25) is 5.02 Å². The SMILES string of the molecule is CCOc1c(Cl)cc(CNCc2ccc(OC)cc2)cc1OC. The Balaban J connectivity index is 1.98. The summed E-state index contributed by atoms with van der Waals surface area (Å²) in [5, 5.41) is 3.95. The van der Waals surface area contributed by atoms with E-state index in [0.29, 0.717) is 29.7 Å². The van der Waals surface area contributed by atoms with Crippen molar-refractivity contribution in [1.82, 2.24) is 5.32 Å². The number of hydrogen-bond acceptors (Lipinski definition) is 4. The number of hydrogen-bond donors (Lipinski definition) is 1. The molecule has 0 aliphatic rings. The highest BCUT2D eigenvalue weighted by Crippen LogP contribution is 2.36. The van der Waals surface area contributed by atoms with E-state index in [1.54, 1.807) is 14.2 Å². The molecular weight excluding hydrogens is 314 g/mol. The van der Waals surface area contributed by atoms with Gasteiger partial charge in [0.25, 0.3) is 0 Å². The van der Waals surface area contributed by atoms with E-state index in [-0.39, 0.29) is 0 Å². The molecule has 0 aliphatic heterocycles. The smallest absolute Gasteiger partial charge is 0.179 e. The summed E-state index contributed by atoms with van der Waals surface area (Å²) >= 11 is 6.27. The van der Waals surface area contributed by atoms with Gasteiger partial charge in [0.1, 0.15) is 5.75 Å². The Bertz CT molecular complexity index is 629. The van der Waals surface area contributed by atoms with Crippen LogP contribution in [0.1, 0.15) is 18.1 Å². The topological polar surface area (TPSA) is 39.7 Å². The molecular formula is C18H22ClNO3. The predicted octanol–water partition coefficient (Wildman–Crippen LogP) is 4.05. The van der Waals surface area contributed by atoms with E-state index >= 15 is 0 Å². The molecule has 4 nitrogen and oxygen atoms in total.